The van der Waals surface area contributed by atoms with E-state index in [1.54, 1.807) is 0 Å². The lowest BCUT2D eigenvalue weighted by atomic mass is 9.89. The Bertz CT molecular complexity index is 297. The maximum Gasteiger partial charge on any atom is 0.111 e. The highest BCUT2D eigenvalue weighted by atomic mass is 19.1. The summed E-state index contributed by atoms with van der Waals surface area (Å²) >= 11 is 0. The van der Waals surface area contributed by atoms with Crippen molar-refractivity contribution in [3.05, 3.63) is 35.5 Å². The van der Waals surface area contributed by atoms with Gasteiger partial charge in [-0.05, 0) is 57.4 Å². The average molecular weight is 222 g/mol. The van der Waals surface area contributed by atoms with Crippen molar-refractivity contribution in [2.75, 3.05) is 6.67 Å². The van der Waals surface area contributed by atoms with Crippen molar-refractivity contribution in [1.82, 2.24) is 0 Å². The van der Waals surface area contributed by atoms with Crippen LogP contribution in [-0.4, -0.2) is 6.67 Å². The molecule has 0 bridgehead atoms. The first-order valence-electron chi connectivity index (χ1n) is 6.18. The summed E-state index contributed by atoms with van der Waals surface area (Å²) in [5, 5.41) is 0. The van der Waals surface area contributed by atoms with Gasteiger partial charge in [-0.15, -0.1) is 0 Å². The fourth-order valence-corrected chi connectivity index (χ4v) is 2.10. The molecule has 0 aromatic rings. The topological polar surface area (TPSA) is 0 Å². The van der Waals surface area contributed by atoms with Gasteiger partial charge >= 0.3 is 0 Å². The summed E-state index contributed by atoms with van der Waals surface area (Å²) in [5.74, 6) is 0.517. The van der Waals surface area contributed by atoms with E-state index >= 15 is 0 Å². The van der Waals surface area contributed by atoms with Crippen LogP contribution in [0.4, 0.5) is 4.39 Å². The summed E-state index contributed by atoms with van der Waals surface area (Å²) in [5.41, 5.74) is 3.62. The van der Waals surface area contributed by atoms with Crippen LogP contribution < -0.4 is 0 Å². The second-order valence-electron chi connectivity index (χ2n) is 4.90. The van der Waals surface area contributed by atoms with Gasteiger partial charge in [0.25, 0.3) is 0 Å². The molecule has 0 N–H and O–H groups in total. The van der Waals surface area contributed by atoms with Crippen molar-refractivity contribution < 1.29 is 4.39 Å². The molecule has 0 amide bonds. The van der Waals surface area contributed by atoms with E-state index in [2.05, 4.69) is 32.6 Å². The molecule has 0 aliphatic heterocycles. The third kappa shape index (κ3) is 4.34. The van der Waals surface area contributed by atoms with E-state index in [1.165, 1.54) is 11.1 Å². The van der Waals surface area contributed by atoms with Gasteiger partial charge in [-0.3, -0.25) is 0 Å². The summed E-state index contributed by atoms with van der Waals surface area (Å²) < 4.78 is 12.7. The van der Waals surface area contributed by atoms with Gasteiger partial charge in [0, 0.05) is 0 Å². The van der Waals surface area contributed by atoms with Crippen molar-refractivity contribution in [3.8, 4) is 0 Å². The quantitative estimate of drug-likeness (QED) is 0.578. The highest BCUT2D eigenvalue weighted by Gasteiger charge is 2.10. The highest BCUT2D eigenvalue weighted by molar-refractivity contribution is 5.11. The summed E-state index contributed by atoms with van der Waals surface area (Å²) in [7, 11) is 0. The fraction of sp³-hybridized carbons (Fsp3) is 0.600. The SMILES string of the molecule is C=C(C)[C@@H]1C/C=C(\C)CC/C=C(\CF)CC1. The Morgan fingerprint density at radius 1 is 1.44 bits per heavy atom. The minimum atomic E-state index is -0.286. The lowest BCUT2D eigenvalue weighted by Crippen LogP contribution is -2.03. The minimum absolute atomic E-state index is 0.286. The summed E-state index contributed by atoms with van der Waals surface area (Å²) in [6.45, 7) is 8.00. The van der Waals surface area contributed by atoms with Gasteiger partial charge in [-0.25, -0.2) is 4.39 Å². The number of allylic oxidation sites excluding steroid dienone is 5. The molecule has 1 heteroatoms. The van der Waals surface area contributed by atoms with E-state index in [-0.39, 0.29) is 6.67 Å². The first kappa shape index (κ1) is 13.2. The molecule has 0 spiro atoms. The molecule has 0 heterocycles. The Kier molecular flexibility index (Phi) is 5.51. The smallest absolute Gasteiger partial charge is 0.111 e. The summed E-state index contributed by atoms with van der Waals surface area (Å²) in [6.07, 6.45) is 9.45. The molecular formula is C15H23F. The van der Waals surface area contributed by atoms with E-state index < -0.39 is 0 Å². The monoisotopic (exact) mass is 222 g/mol. The second kappa shape index (κ2) is 6.67. The van der Waals surface area contributed by atoms with Gasteiger partial charge in [0.15, 0.2) is 0 Å². The second-order valence-corrected chi connectivity index (χ2v) is 4.90. The minimum Gasteiger partial charge on any atom is -0.246 e. The van der Waals surface area contributed by atoms with E-state index in [4.69, 9.17) is 0 Å². The zero-order valence-corrected chi connectivity index (χ0v) is 10.6. The van der Waals surface area contributed by atoms with Crippen LogP contribution >= 0.6 is 0 Å². The molecule has 0 saturated heterocycles. The third-order valence-electron chi connectivity index (χ3n) is 3.40. The van der Waals surface area contributed by atoms with Gasteiger partial charge in [0.1, 0.15) is 6.67 Å². The fourth-order valence-electron chi connectivity index (χ4n) is 2.10. The molecular weight excluding hydrogens is 199 g/mol. The molecule has 16 heavy (non-hydrogen) atoms. The lowest BCUT2D eigenvalue weighted by molar-refractivity contribution is 0.500. The van der Waals surface area contributed by atoms with Crippen LogP contribution in [0.3, 0.4) is 0 Å². The lowest BCUT2D eigenvalue weighted by Gasteiger charge is -2.17. The van der Waals surface area contributed by atoms with E-state index in [9.17, 15) is 4.39 Å². The van der Waals surface area contributed by atoms with E-state index in [0.29, 0.717) is 5.92 Å². The number of halogens is 1. The molecule has 0 nitrogen and oxygen atoms in total. The predicted octanol–water partition coefficient (Wildman–Crippen LogP) is 4.99. The van der Waals surface area contributed by atoms with Crippen LogP contribution in [0.1, 0.15) is 46.0 Å². The van der Waals surface area contributed by atoms with E-state index in [1.807, 2.05) is 0 Å². The van der Waals surface area contributed by atoms with Gasteiger partial charge < -0.3 is 0 Å². The third-order valence-corrected chi connectivity index (χ3v) is 3.40. The number of hydrogen-bond donors (Lipinski definition) is 0. The first-order chi connectivity index (χ1) is 7.63. The van der Waals surface area contributed by atoms with Gasteiger partial charge in [-0.2, -0.15) is 0 Å². The van der Waals surface area contributed by atoms with Crippen molar-refractivity contribution in [2.24, 2.45) is 5.92 Å². The molecule has 0 fully saturated rings. The number of rotatable bonds is 2. The predicted molar refractivity (Wildman–Crippen MR) is 69.2 cm³/mol. The maximum atomic E-state index is 12.7. The summed E-state index contributed by atoms with van der Waals surface area (Å²) in [6, 6.07) is 0. The zero-order chi connectivity index (χ0) is 12.0. The molecule has 0 aromatic heterocycles. The Morgan fingerprint density at radius 3 is 2.81 bits per heavy atom. The normalized spacial score (nSPS) is 29.8. The molecule has 0 aromatic carbocycles. The van der Waals surface area contributed by atoms with Crippen molar-refractivity contribution >= 4 is 0 Å². The largest absolute Gasteiger partial charge is 0.246 e. The Morgan fingerprint density at radius 2 is 2.19 bits per heavy atom. The van der Waals surface area contributed by atoms with Crippen LogP contribution in [0.25, 0.3) is 0 Å². The average Bonchev–Trinajstić information content (AvgIpc) is 2.26. The first-order valence-corrected chi connectivity index (χ1v) is 6.18. The van der Waals surface area contributed by atoms with Crippen LogP contribution in [0, 0.1) is 5.92 Å². The van der Waals surface area contributed by atoms with Crippen LogP contribution in [0.15, 0.2) is 35.5 Å². The molecule has 1 rings (SSSR count). The molecule has 1 aliphatic carbocycles. The van der Waals surface area contributed by atoms with Crippen molar-refractivity contribution in [2.45, 2.75) is 46.0 Å². The number of alkyl halides is 1. The maximum absolute atomic E-state index is 12.7. The van der Waals surface area contributed by atoms with Gasteiger partial charge in [0.2, 0.25) is 0 Å². The van der Waals surface area contributed by atoms with Crippen molar-refractivity contribution in [1.29, 1.82) is 0 Å². The highest BCUT2D eigenvalue weighted by Crippen LogP contribution is 2.25. The summed E-state index contributed by atoms with van der Waals surface area (Å²) in [4.78, 5) is 0. The van der Waals surface area contributed by atoms with E-state index in [0.717, 1.165) is 37.7 Å². The standard InChI is InChI=1S/C15H23F/c1-12(2)15-9-7-13(3)5-4-6-14(11-16)8-10-15/h6-7,15H,1,4-5,8-11H2,2-3H3/b13-7+,14-6-/t15-/m1/s1. The Labute approximate surface area is 98.9 Å². The molecule has 0 radical (unpaired) electrons. The van der Waals surface area contributed by atoms with Gasteiger partial charge in [-0.1, -0.05) is 29.9 Å². The molecule has 0 saturated carbocycles. The van der Waals surface area contributed by atoms with Crippen LogP contribution in [0.5, 0.6) is 0 Å². The Hall–Kier alpha value is -0.850. The molecule has 1 aliphatic rings. The van der Waals surface area contributed by atoms with Crippen LogP contribution in [-0.2, 0) is 0 Å². The number of hydrogen-bond acceptors (Lipinski definition) is 0. The molecule has 90 valence electrons. The van der Waals surface area contributed by atoms with Gasteiger partial charge in [0.05, 0.1) is 0 Å². The molecule has 0 unspecified atom stereocenters. The zero-order valence-electron chi connectivity index (χ0n) is 10.6. The van der Waals surface area contributed by atoms with Crippen molar-refractivity contribution in [3.63, 3.8) is 0 Å². The molecule has 1 atom stereocenters. The Balaban J connectivity index is 2.73. The van der Waals surface area contributed by atoms with Crippen LogP contribution in [0.2, 0.25) is 0 Å².